The van der Waals surface area contributed by atoms with Gasteiger partial charge in [-0.3, -0.25) is 10.1 Å². The minimum atomic E-state index is -0.353. The van der Waals surface area contributed by atoms with Crippen LogP contribution in [0.1, 0.15) is 15.9 Å². The number of methoxy groups -OCH3 is 1. The molecule has 0 saturated carbocycles. The normalized spacial score (nSPS) is 10.1. The third-order valence-corrected chi connectivity index (χ3v) is 4.42. The largest absolute Gasteiger partial charge is 0.495 e. The number of amides is 1. The summed E-state index contributed by atoms with van der Waals surface area (Å²) in [6, 6.07) is 21.8. The first-order valence-corrected chi connectivity index (χ1v) is 9.56. The number of thiocarbonyl (C=S) groups is 1. The summed E-state index contributed by atoms with van der Waals surface area (Å²) >= 11 is 11.2. The highest BCUT2D eigenvalue weighted by Gasteiger charge is 2.11. The van der Waals surface area contributed by atoms with Gasteiger partial charge in [-0.25, -0.2) is 0 Å². The van der Waals surface area contributed by atoms with Gasteiger partial charge in [0, 0.05) is 10.6 Å². The molecule has 3 aromatic carbocycles. The van der Waals surface area contributed by atoms with E-state index in [1.165, 1.54) is 7.11 Å². The van der Waals surface area contributed by atoms with Crippen LogP contribution in [-0.2, 0) is 6.61 Å². The summed E-state index contributed by atoms with van der Waals surface area (Å²) in [7, 11) is 1.54. The second kappa shape index (κ2) is 9.91. The molecule has 0 bridgehead atoms. The van der Waals surface area contributed by atoms with Gasteiger partial charge in [0.25, 0.3) is 5.91 Å². The first-order chi connectivity index (χ1) is 14.0. The highest BCUT2D eigenvalue weighted by atomic mass is 35.5. The van der Waals surface area contributed by atoms with Crippen LogP contribution >= 0.6 is 23.8 Å². The average Bonchev–Trinajstić information content (AvgIpc) is 2.73. The number of nitrogens with one attached hydrogen (secondary N) is 2. The zero-order valence-corrected chi connectivity index (χ0v) is 17.2. The molecule has 0 aromatic heterocycles. The van der Waals surface area contributed by atoms with E-state index in [9.17, 15) is 4.79 Å². The van der Waals surface area contributed by atoms with Gasteiger partial charge in [-0.15, -0.1) is 0 Å². The molecular formula is C22H19ClN2O3S. The third kappa shape index (κ3) is 5.94. The van der Waals surface area contributed by atoms with Crippen LogP contribution < -0.4 is 20.1 Å². The lowest BCUT2D eigenvalue weighted by Gasteiger charge is -2.13. The van der Waals surface area contributed by atoms with Gasteiger partial charge in [0.15, 0.2) is 5.11 Å². The van der Waals surface area contributed by atoms with E-state index in [1.54, 1.807) is 42.5 Å². The fraction of sp³-hybridized carbons (Fsp3) is 0.0909. The molecule has 0 heterocycles. The van der Waals surface area contributed by atoms with Crippen molar-refractivity contribution < 1.29 is 14.3 Å². The first kappa shape index (κ1) is 20.6. The molecule has 5 nitrogen and oxygen atoms in total. The molecule has 0 aliphatic rings. The lowest BCUT2D eigenvalue weighted by atomic mass is 10.2. The molecule has 0 spiro atoms. The number of carbonyl (C=O) groups is 1. The van der Waals surface area contributed by atoms with Gasteiger partial charge >= 0.3 is 0 Å². The SMILES string of the molecule is COc1ccc(Cl)cc1NC(=S)NC(=O)c1cccc(OCc2ccccc2)c1. The molecule has 0 aliphatic carbocycles. The van der Waals surface area contributed by atoms with Crippen molar-refractivity contribution in [2.75, 3.05) is 12.4 Å². The fourth-order valence-corrected chi connectivity index (χ4v) is 2.95. The summed E-state index contributed by atoms with van der Waals surface area (Å²) in [5.74, 6) is 0.799. The van der Waals surface area contributed by atoms with Crippen molar-refractivity contribution in [2.24, 2.45) is 0 Å². The van der Waals surface area contributed by atoms with Gasteiger partial charge in [-0.05, 0) is 54.2 Å². The topological polar surface area (TPSA) is 59.6 Å². The van der Waals surface area contributed by atoms with Gasteiger partial charge in [-0.1, -0.05) is 48.0 Å². The molecule has 7 heteroatoms. The van der Waals surface area contributed by atoms with E-state index in [2.05, 4.69) is 10.6 Å². The molecule has 0 atom stereocenters. The van der Waals surface area contributed by atoms with Crippen LogP contribution in [-0.4, -0.2) is 18.1 Å². The first-order valence-electron chi connectivity index (χ1n) is 8.78. The van der Waals surface area contributed by atoms with Crippen molar-refractivity contribution in [3.05, 3.63) is 88.9 Å². The quantitative estimate of drug-likeness (QED) is 0.540. The number of rotatable bonds is 6. The summed E-state index contributed by atoms with van der Waals surface area (Å²) in [4.78, 5) is 12.5. The van der Waals surface area contributed by atoms with Crippen molar-refractivity contribution in [1.29, 1.82) is 0 Å². The van der Waals surface area contributed by atoms with Crippen LogP contribution in [0.5, 0.6) is 11.5 Å². The number of carbonyl (C=O) groups excluding carboxylic acids is 1. The van der Waals surface area contributed by atoms with Gasteiger partial charge in [-0.2, -0.15) is 0 Å². The monoisotopic (exact) mass is 426 g/mol. The maximum atomic E-state index is 12.5. The van der Waals surface area contributed by atoms with Crippen molar-refractivity contribution in [3.8, 4) is 11.5 Å². The third-order valence-electron chi connectivity index (χ3n) is 3.98. The Hall–Kier alpha value is -3.09. The smallest absolute Gasteiger partial charge is 0.257 e. The van der Waals surface area contributed by atoms with Gasteiger partial charge in [0.1, 0.15) is 18.1 Å². The van der Waals surface area contributed by atoms with Crippen LogP contribution in [0.25, 0.3) is 0 Å². The zero-order valence-electron chi connectivity index (χ0n) is 15.6. The zero-order chi connectivity index (χ0) is 20.6. The maximum Gasteiger partial charge on any atom is 0.257 e. The van der Waals surface area contributed by atoms with E-state index in [1.807, 2.05) is 30.3 Å². The highest BCUT2D eigenvalue weighted by Crippen LogP contribution is 2.27. The second-order valence-electron chi connectivity index (χ2n) is 6.05. The predicted octanol–water partition coefficient (Wildman–Crippen LogP) is 5.05. The summed E-state index contributed by atoms with van der Waals surface area (Å²) in [5.41, 5.74) is 2.03. The number of ether oxygens (including phenoxy) is 2. The molecule has 0 radical (unpaired) electrons. The molecule has 2 N–H and O–H groups in total. The van der Waals surface area contributed by atoms with E-state index in [0.29, 0.717) is 34.4 Å². The number of hydrogen-bond acceptors (Lipinski definition) is 4. The minimum Gasteiger partial charge on any atom is -0.495 e. The number of anilines is 1. The van der Waals surface area contributed by atoms with Gasteiger partial charge < -0.3 is 14.8 Å². The molecule has 0 aliphatic heterocycles. The van der Waals surface area contributed by atoms with Crippen LogP contribution in [0.3, 0.4) is 0 Å². The molecule has 1 amide bonds. The molecule has 0 unspecified atom stereocenters. The second-order valence-corrected chi connectivity index (χ2v) is 6.90. The Labute approximate surface area is 179 Å². The maximum absolute atomic E-state index is 12.5. The Morgan fingerprint density at radius 1 is 1.03 bits per heavy atom. The molecular weight excluding hydrogens is 408 g/mol. The predicted molar refractivity (Wildman–Crippen MR) is 119 cm³/mol. The van der Waals surface area contributed by atoms with Crippen LogP contribution in [0.15, 0.2) is 72.8 Å². The molecule has 0 saturated heterocycles. The number of benzene rings is 3. The Morgan fingerprint density at radius 3 is 2.59 bits per heavy atom. The van der Waals surface area contributed by atoms with Crippen molar-refractivity contribution >= 4 is 40.5 Å². The lowest BCUT2D eigenvalue weighted by molar-refractivity contribution is 0.0977. The summed E-state index contributed by atoms with van der Waals surface area (Å²) in [6.07, 6.45) is 0. The number of hydrogen-bond donors (Lipinski definition) is 2. The van der Waals surface area contributed by atoms with Gasteiger partial charge in [0.05, 0.1) is 12.8 Å². The minimum absolute atomic E-state index is 0.131. The standard InChI is InChI=1S/C22H19ClN2O3S/c1-27-20-11-10-17(23)13-19(20)24-22(29)25-21(26)16-8-5-9-18(12-16)28-14-15-6-3-2-4-7-15/h2-13H,14H2,1H3,(H2,24,25,26,29). The fourth-order valence-electron chi connectivity index (χ4n) is 2.57. The summed E-state index contributed by atoms with van der Waals surface area (Å²) in [6.45, 7) is 0.417. The Bertz CT molecular complexity index is 1010. The molecule has 3 rings (SSSR count). The van der Waals surface area contributed by atoms with Crippen molar-refractivity contribution in [1.82, 2.24) is 5.32 Å². The van der Waals surface area contributed by atoms with Crippen LogP contribution in [0, 0.1) is 0 Å². The van der Waals surface area contributed by atoms with Crippen molar-refractivity contribution in [3.63, 3.8) is 0 Å². The number of halogens is 1. The Kier molecular flexibility index (Phi) is 7.05. The molecule has 29 heavy (non-hydrogen) atoms. The van der Waals surface area contributed by atoms with E-state index in [4.69, 9.17) is 33.3 Å². The molecule has 3 aromatic rings. The lowest BCUT2D eigenvalue weighted by Crippen LogP contribution is -2.34. The molecule has 148 valence electrons. The van der Waals surface area contributed by atoms with Crippen LogP contribution in [0.4, 0.5) is 5.69 Å². The van der Waals surface area contributed by atoms with E-state index < -0.39 is 0 Å². The Balaban J connectivity index is 1.62. The van der Waals surface area contributed by atoms with E-state index >= 15 is 0 Å². The average molecular weight is 427 g/mol. The Morgan fingerprint density at radius 2 is 1.83 bits per heavy atom. The summed E-state index contributed by atoms with van der Waals surface area (Å²) < 4.78 is 11.0. The molecule has 0 fully saturated rings. The van der Waals surface area contributed by atoms with Crippen LogP contribution in [0.2, 0.25) is 5.02 Å². The highest BCUT2D eigenvalue weighted by molar-refractivity contribution is 7.80. The van der Waals surface area contributed by atoms with E-state index in [-0.39, 0.29) is 11.0 Å². The van der Waals surface area contributed by atoms with Gasteiger partial charge in [0.2, 0.25) is 0 Å². The van der Waals surface area contributed by atoms with E-state index in [0.717, 1.165) is 5.56 Å². The van der Waals surface area contributed by atoms with Crippen molar-refractivity contribution in [2.45, 2.75) is 6.61 Å². The summed E-state index contributed by atoms with van der Waals surface area (Å²) in [5, 5.41) is 6.22.